The summed E-state index contributed by atoms with van der Waals surface area (Å²) in [5.41, 5.74) is 2.86. The average Bonchev–Trinajstić information content (AvgIpc) is 2.80. The Hall–Kier alpha value is -0.710. The summed E-state index contributed by atoms with van der Waals surface area (Å²) in [6, 6.07) is 1.93. The minimum atomic E-state index is -0.691. The van der Waals surface area contributed by atoms with Crippen LogP contribution in [0.1, 0.15) is 28.2 Å². The number of hydrogen-bond acceptors (Lipinski definition) is 2. The van der Waals surface area contributed by atoms with E-state index in [0.717, 1.165) is 50.3 Å². The molecule has 110 valence electrons. The van der Waals surface area contributed by atoms with E-state index in [1.165, 1.54) is 0 Å². The van der Waals surface area contributed by atoms with E-state index in [2.05, 4.69) is 16.9 Å². The lowest BCUT2D eigenvalue weighted by molar-refractivity contribution is 0.0658. The van der Waals surface area contributed by atoms with Crippen molar-refractivity contribution in [3.05, 3.63) is 23.0 Å². The minimum Gasteiger partial charge on any atom is -0.354 e. The van der Waals surface area contributed by atoms with Gasteiger partial charge in [-0.15, -0.1) is 23.2 Å². The van der Waals surface area contributed by atoms with Crippen molar-refractivity contribution in [3.8, 4) is 0 Å². The van der Waals surface area contributed by atoms with E-state index in [4.69, 9.17) is 23.2 Å². The van der Waals surface area contributed by atoms with E-state index < -0.39 is 4.33 Å². The average molecular weight is 316 g/mol. The van der Waals surface area contributed by atoms with Gasteiger partial charge in [-0.3, -0.25) is 4.79 Å². The van der Waals surface area contributed by atoms with Crippen LogP contribution >= 0.6 is 23.2 Å². The molecule has 3 rings (SSSR count). The summed E-state index contributed by atoms with van der Waals surface area (Å²) in [4.78, 5) is 19.9. The Morgan fingerprint density at radius 3 is 2.70 bits per heavy atom. The number of piperazine rings is 1. The molecule has 2 heterocycles. The van der Waals surface area contributed by atoms with E-state index in [9.17, 15) is 4.79 Å². The van der Waals surface area contributed by atoms with Crippen LogP contribution in [-0.4, -0.2) is 58.3 Å². The van der Waals surface area contributed by atoms with Crippen molar-refractivity contribution in [2.45, 2.75) is 23.6 Å². The third-order valence-corrected chi connectivity index (χ3v) is 4.85. The number of aryl methyl sites for hydroxylation is 1. The number of carbonyl (C=O) groups excluding carboxylic acids is 1. The predicted octanol–water partition coefficient (Wildman–Crippen LogP) is 2.06. The van der Waals surface area contributed by atoms with Gasteiger partial charge in [-0.1, -0.05) is 0 Å². The Bertz CT molecular complexity index is 518. The zero-order chi connectivity index (χ0) is 14.3. The van der Waals surface area contributed by atoms with Gasteiger partial charge in [0.25, 0.3) is 5.91 Å². The molecular formula is C14H19Cl2N3O. The van der Waals surface area contributed by atoms with Crippen LogP contribution in [-0.2, 0) is 12.8 Å². The van der Waals surface area contributed by atoms with Crippen molar-refractivity contribution < 1.29 is 4.79 Å². The molecule has 1 saturated heterocycles. The zero-order valence-electron chi connectivity index (χ0n) is 11.6. The number of H-pyrrole nitrogens is 1. The van der Waals surface area contributed by atoms with Gasteiger partial charge >= 0.3 is 0 Å². The molecule has 0 aromatic carbocycles. The number of halogens is 2. The first-order valence-electron chi connectivity index (χ1n) is 7.01. The number of alkyl halides is 2. The van der Waals surface area contributed by atoms with Crippen molar-refractivity contribution in [2.75, 3.05) is 33.2 Å². The highest BCUT2D eigenvalue weighted by Crippen LogP contribution is 2.37. The second kappa shape index (κ2) is 5.24. The maximum Gasteiger partial charge on any atom is 0.270 e. The lowest BCUT2D eigenvalue weighted by Gasteiger charge is -2.32. The van der Waals surface area contributed by atoms with Gasteiger partial charge in [0.1, 0.15) is 10.0 Å². The van der Waals surface area contributed by atoms with Gasteiger partial charge in [0.2, 0.25) is 0 Å². The van der Waals surface area contributed by atoms with E-state index in [1.807, 2.05) is 11.0 Å². The molecule has 1 amide bonds. The summed E-state index contributed by atoms with van der Waals surface area (Å²) in [6.45, 7) is 3.43. The van der Waals surface area contributed by atoms with E-state index in [-0.39, 0.29) is 5.91 Å². The third kappa shape index (κ3) is 2.83. The van der Waals surface area contributed by atoms with Crippen LogP contribution in [0.2, 0.25) is 0 Å². The van der Waals surface area contributed by atoms with Gasteiger partial charge in [-0.25, -0.2) is 0 Å². The van der Waals surface area contributed by atoms with Gasteiger partial charge in [0, 0.05) is 38.3 Å². The highest BCUT2D eigenvalue weighted by molar-refractivity contribution is 6.48. The van der Waals surface area contributed by atoms with Crippen LogP contribution in [0.5, 0.6) is 0 Å². The molecule has 20 heavy (non-hydrogen) atoms. The molecule has 2 aliphatic rings. The van der Waals surface area contributed by atoms with E-state index in [1.54, 1.807) is 0 Å². The first-order valence-corrected chi connectivity index (χ1v) is 7.77. The second-order valence-electron chi connectivity index (χ2n) is 5.82. The van der Waals surface area contributed by atoms with Crippen molar-refractivity contribution in [1.82, 2.24) is 14.8 Å². The van der Waals surface area contributed by atoms with Gasteiger partial charge in [-0.2, -0.15) is 0 Å². The zero-order valence-corrected chi connectivity index (χ0v) is 13.1. The summed E-state index contributed by atoms with van der Waals surface area (Å²) >= 11 is 12.4. The summed E-state index contributed by atoms with van der Waals surface area (Å²) in [6.07, 6.45) is 2.14. The van der Waals surface area contributed by atoms with Crippen molar-refractivity contribution in [3.63, 3.8) is 0 Å². The maximum atomic E-state index is 12.5. The number of nitrogens with zero attached hydrogens (tertiary/aromatic N) is 2. The smallest absolute Gasteiger partial charge is 0.270 e. The third-order valence-electron chi connectivity index (χ3n) is 4.20. The molecule has 0 radical (unpaired) electrons. The fourth-order valence-electron chi connectivity index (χ4n) is 2.89. The van der Waals surface area contributed by atoms with Gasteiger partial charge in [0.05, 0.1) is 0 Å². The molecule has 1 aliphatic heterocycles. The quantitative estimate of drug-likeness (QED) is 0.806. The lowest BCUT2D eigenvalue weighted by Crippen LogP contribution is -2.47. The Balaban J connectivity index is 1.75. The standard InChI is InChI=1S/C14H19Cl2N3O/c1-18-4-6-19(7-5-18)13(20)12-8-10-9-14(15,16)3-2-11(10)17-12/h8,17H,2-7,9H2,1H3. The Kier molecular flexibility index (Phi) is 3.73. The van der Waals surface area contributed by atoms with Crippen molar-refractivity contribution >= 4 is 29.1 Å². The minimum absolute atomic E-state index is 0.0854. The normalized spacial score (nSPS) is 22.6. The molecule has 1 fully saturated rings. The largest absolute Gasteiger partial charge is 0.354 e. The van der Waals surface area contributed by atoms with Crippen LogP contribution in [0.25, 0.3) is 0 Å². The molecule has 0 bridgehead atoms. The molecular weight excluding hydrogens is 297 g/mol. The van der Waals surface area contributed by atoms with Crippen LogP contribution in [0.4, 0.5) is 0 Å². The molecule has 0 unspecified atom stereocenters. The van der Waals surface area contributed by atoms with Crippen LogP contribution < -0.4 is 0 Å². The Morgan fingerprint density at radius 2 is 2.00 bits per heavy atom. The number of nitrogens with one attached hydrogen (secondary N) is 1. The van der Waals surface area contributed by atoms with Crippen LogP contribution in [0.15, 0.2) is 6.07 Å². The predicted molar refractivity (Wildman–Crippen MR) is 80.7 cm³/mol. The fraction of sp³-hybridized carbons (Fsp3) is 0.643. The maximum absolute atomic E-state index is 12.5. The van der Waals surface area contributed by atoms with Gasteiger partial charge < -0.3 is 14.8 Å². The highest BCUT2D eigenvalue weighted by Gasteiger charge is 2.32. The summed E-state index contributed by atoms with van der Waals surface area (Å²) < 4.78 is -0.691. The molecule has 4 nitrogen and oxygen atoms in total. The van der Waals surface area contributed by atoms with Crippen LogP contribution in [0, 0.1) is 0 Å². The van der Waals surface area contributed by atoms with Gasteiger partial charge in [0.15, 0.2) is 0 Å². The number of carbonyl (C=O) groups is 1. The molecule has 1 aromatic heterocycles. The summed E-state index contributed by atoms with van der Waals surface area (Å²) in [5.74, 6) is 0.0854. The topological polar surface area (TPSA) is 39.3 Å². The number of amides is 1. The number of hydrogen-bond donors (Lipinski definition) is 1. The molecule has 0 atom stereocenters. The second-order valence-corrected chi connectivity index (χ2v) is 7.46. The number of aromatic amines is 1. The summed E-state index contributed by atoms with van der Waals surface area (Å²) in [7, 11) is 2.08. The monoisotopic (exact) mass is 315 g/mol. The fourth-order valence-corrected chi connectivity index (χ4v) is 3.37. The Morgan fingerprint density at radius 1 is 1.30 bits per heavy atom. The molecule has 0 spiro atoms. The molecule has 1 aromatic rings. The highest BCUT2D eigenvalue weighted by atomic mass is 35.5. The number of likely N-dealkylation sites (N-methyl/N-ethyl adjacent to an activating group) is 1. The SMILES string of the molecule is CN1CCN(C(=O)c2cc3c([nH]2)CCC(Cl)(Cl)C3)CC1. The molecule has 0 saturated carbocycles. The van der Waals surface area contributed by atoms with Gasteiger partial charge in [-0.05, 0) is 31.5 Å². The number of fused-ring (bicyclic) bond motifs is 1. The summed E-state index contributed by atoms with van der Waals surface area (Å²) in [5, 5.41) is 0. The van der Waals surface area contributed by atoms with Crippen LogP contribution in [0.3, 0.4) is 0 Å². The first kappa shape index (κ1) is 14.2. The number of aromatic nitrogens is 1. The molecule has 6 heteroatoms. The van der Waals surface area contributed by atoms with E-state index in [0.29, 0.717) is 12.1 Å². The van der Waals surface area contributed by atoms with E-state index >= 15 is 0 Å². The lowest BCUT2D eigenvalue weighted by atomic mass is 9.97. The molecule has 1 aliphatic carbocycles. The number of rotatable bonds is 1. The van der Waals surface area contributed by atoms with Crippen molar-refractivity contribution in [1.29, 1.82) is 0 Å². The first-order chi connectivity index (χ1) is 9.44. The Labute approximate surface area is 129 Å². The van der Waals surface area contributed by atoms with Crippen molar-refractivity contribution in [2.24, 2.45) is 0 Å². The molecule has 1 N–H and O–H groups in total.